The number of methoxy groups -OCH3 is 2. The highest BCUT2D eigenvalue weighted by Gasteiger charge is 2.12. The predicted molar refractivity (Wildman–Crippen MR) is 86.2 cm³/mol. The van der Waals surface area contributed by atoms with Crippen molar-refractivity contribution >= 4 is 24.2 Å². The van der Waals surface area contributed by atoms with Crippen LogP contribution in [0, 0.1) is 0 Å². The fourth-order valence-corrected chi connectivity index (χ4v) is 2.36. The molecule has 0 aromatic heterocycles. The second-order valence-corrected chi connectivity index (χ2v) is 5.39. The minimum Gasteiger partial charge on any atom is -0.496 e. The van der Waals surface area contributed by atoms with E-state index in [2.05, 4.69) is 18.4 Å². The standard InChI is InChI=1S/C14H23NO2S.ClH/c1-10(15)7-12-9-13(16-2)11(5-6-18-4)8-14(12)17-3;/h8-10H,5-7,15H2,1-4H3;1H. The maximum absolute atomic E-state index is 5.86. The van der Waals surface area contributed by atoms with E-state index in [0.29, 0.717) is 0 Å². The van der Waals surface area contributed by atoms with Crippen molar-refractivity contribution in [1.29, 1.82) is 0 Å². The van der Waals surface area contributed by atoms with Crippen LogP contribution in [0.15, 0.2) is 12.1 Å². The second-order valence-electron chi connectivity index (χ2n) is 4.40. The summed E-state index contributed by atoms with van der Waals surface area (Å²) in [5.41, 5.74) is 8.16. The topological polar surface area (TPSA) is 44.5 Å². The predicted octanol–water partition coefficient (Wildman–Crippen LogP) is 2.92. The van der Waals surface area contributed by atoms with Crippen LogP contribution in [-0.4, -0.2) is 32.3 Å². The third kappa shape index (κ3) is 5.51. The lowest BCUT2D eigenvalue weighted by atomic mass is 10.0. The van der Waals surface area contributed by atoms with Gasteiger partial charge in [-0.3, -0.25) is 0 Å². The van der Waals surface area contributed by atoms with E-state index >= 15 is 0 Å². The molecule has 1 rings (SSSR count). The summed E-state index contributed by atoms with van der Waals surface area (Å²) < 4.78 is 10.9. The minimum atomic E-state index is 0. The van der Waals surface area contributed by atoms with Crippen LogP contribution in [0.1, 0.15) is 18.1 Å². The Bertz CT molecular complexity index is 386. The molecule has 2 N–H and O–H groups in total. The normalized spacial score (nSPS) is 11.6. The average Bonchev–Trinajstić information content (AvgIpc) is 2.35. The van der Waals surface area contributed by atoms with Gasteiger partial charge >= 0.3 is 0 Å². The summed E-state index contributed by atoms with van der Waals surface area (Å²) in [7, 11) is 3.41. The van der Waals surface area contributed by atoms with Crippen LogP contribution in [0.25, 0.3) is 0 Å². The van der Waals surface area contributed by atoms with Gasteiger partial charge in [0.15, 0.2) is 0 Å². The highest BCUT2D eigenvalue weighted by molar-refractivity contribution is 7.98. The lowest BCUT2D eigenvalue weighted by Gasteiger charge is -2.16. The lowest BCUT2D eigenvalue weighted by Crippen LogP contribution is -2.18. The Morgan fingerprint density at radius 2 is 1.68 bits per heavy atom. The van der Waals surface area contributed by atoms with Crippen molar-refractivity contribution in [2.45, 2.75) is 25.8 Å². The van der Waals surface area contributed by atoms with Crippen LogP contribution in [0.5, 0.6) is 11.5 Å². The Hall–Kier alpha value is -0.580. The molecule has 110 valence electrons. The van der Waals surface area contributed by atoms with Crippen molar-refractivity contribution in [3.05, 3.63) is 23.3 Å². The summed E-state index contributed by atoms with van der Waals surface area (Å²) in [5, 5.41) is 0. The minimum absolute atomic E-state index is 0. The van der Waals surface area contributed by atoms with Gasteiger partial charge in [-0.2, -0.15) is 11.8 Å². The van der Waals surface area contributed by atoms with Gasteiger partial charge in [0, 0.05) is 6.04 Å². The van der Waals surface area contributed by atoms with E-state index in [4.69, 9.17) is 15.2 Å². The molecule has 0 aliphatic rings. The Kier molecular flexibility index (Phi) is 9.06. The van der Waals surface area contributed by atoms with Gasteiger partial charge in [0.25, 0.3) is 0 Å². The zero-order chi connectivity index (χ0) is 13.5. The fraction of sp³-hybridized carbons (Fsp3) is 0.571. The number of hydrogen-bond acceptors (Lipinski definition) is 4. The van der Waals surface area contributed by atoms with E-state index in [1.165, 1.54) is 5.56 Å². The van der Waals surface area contributed by atoms with Gasteiger partial charge in [-0.1, -0.05) is 0 Å². The highest BCUT2D eigenvalue weighted by Crippen LogP contribution is 2.30. The van der Waals surface area contributed by atoms with Crippen LogP contribution in [0.4, 0.5) is 0 Å². The number of nitrogens with two attached hydrogens (primary N) is 1. The van der Waals surface area contributed by atoms with E-state index in [9.17, 15) is 0 Å². The molecule has 0 spiro atoms. The number of thioether (sulfide) groups is 1. The third-order valence-electron chi connectivity index (χ3n) is 2.80. The molecular formula is C14H24ClNO2S. The van der Waals surface area contributed by atoms with Crippen molar-refractivity contribution < 1.29 is 9.47 Å². The summed E-state index contributed by atoms with van der Waals surface area (Å²) in [5.74, 6) is 2.91. The quantitative estimate of drug-likeness (QED) is 0.841. The van der Waals surface area contributed by atoms with Gasteiger partial charge in [-0.15, -0.1) is 12.4 Å². The van der Waals surface area contributed by atoms with E-state index in [1.807, 2.05) is 18.7 Å². The molecule has 0 saturated heterocycles. The largest absolute Gasteiger partial charge is 0.496 e. The number of benzene rings is 1. The Morgan fingerprint density at radius 3 is 2.16 bits per heavy atom. The van der Waals surface area contributed by atoms with Crippen LogP contribution in [0.3, 0.4) is 0 Å². The number of halogens is 1. The summed E-state index contributed by atoms with van der Waals surface area (Å²) in [4.78, 5) is 0. The monoisotopic (exact) mass is 305 g/mol. The molecule has 1 aromatic carbocycles. The van der Waals surface area contributed by atoms with Crippen molar-refractivity contribution in [2.75, 3.05) is 26.2 Å². The fourth-order valence-electron chi connectivity index (χ4n) is 1.94. The summed E-state index contributed by atoms with van der Waals surface area (Å²) in [6.07, 6.45) is 3.88. The molecule has 19 heavy (non-hydrogen) atoms. The number of hydrogen-bond donors (Lipinski definition) is 1. The summed E-state index contributed by atoms with van der Waals surface area (Å²) >= 11 is 1.83. The Morgan fingerprint density at radius 1 is 1.16 bits per heavy atom. The average molecular weight is 306 g/mol. The van der Waals surface area contributed by atoms with E-state index in [1.54, 1.807) is 14.2 Å². The molecule has 0 aliphatic heterocycles. The molecule has 0 heterocycles. The molecule has 0 amide bonds. The molecule has 0 aliphatic carbocycles. The second kappa shape index (κ2) is 9.34. The van der Waals surface area contributed by atoms with Gasteiger partial charge < -0.3 is 15.2 Å². The van der Waals surface area contributed by atoms with E-state index < -0.39 is 0 Å². The maximum Gasteiger partial charge on any atom is 0.122 e. The van der Waals surface area contributed by atoms with Crippen LogP contribution >= 0.6 is 24.2 Å². The molecule has 1 unspecified atom stereocenters. The molecule has 3 nitrogen and oxygen atoms in total. The first-order valence-electron chi connectivity index (χ1n) is 6.10. The Labute approximate surface area is 126 Å². The number of rotatable bonds is 7. The molecular weight excluding hydrogens is 282 g/mol. The van der Waals surface area contributed by atoms with E-state index in [0.717, 1.165) is 35.7 Å². The van der Waals surface area contributed by atoms with Gasteiger partial charge in [0.05, 0.1) is 14.2 Å². The molecule has 0 fully saturated rings. The van der Waals surface area contributed by atoms with E-state index in [-0.39, 0.29) is 18.4 Å². The van der Waals surface area contributed by atoms with Crippen LogP contribution < -0.4 is 15.2 Å². The lowest BCUT2D eigenvalue weighted by molar-refractivity contribution is 0.394. The van der Waals surface area contributed by atoms with Gasteiger partial charge in [0.1, 0.15) is 11.5 Å². The maximum atomic E-state index is 5.86. The first-order chi connectivity index (χ1) is 8.62. The first-order valence-corrected chi connectivity index (χ1v) is 7.50. The number of aryl methyl sites for hydroxylation is 1. The van der Waals surface area contributed by atoms with Crippen molar-refractivity contribution in [3.8, 4) is 11.5 Å². The van der Waals surface area contributed by atoms with Gasteiger partial charge in [-0.05, 0) is 55.0 Å². The van der Waals surface area contributed by atoms with Crippen LogP contribution in [0.2, 0.25) is 0 Å². The zero-order valence-corrected chi connectivity index (χ0v) is 13.7. The van der Waals surface area contributed by atoms with Gasteiger partial charge in [-0.25, -0.2) is 0 Å². The first kappa shape index (κ1) is 18.4. The van der Waals surface area contributed by atoms with Crippen molar-refractivity contribution in [2.24, 2.45) is 5.73 Å². The smallest absolute Gasteiger partial charge is 0.122 e. The molecule has 0 bridgehead atoms. The van der Waals surface area contributed by atoms with Crippen molar-refractivity contribution in [1.82, 2.24) is 0 Å². The Balaban J connectivity index is 0.00000324. The molecule has 5 heteroatoms. The van der Waals surface area contributed by atoms with Crippen molar-refractivity contribution in [3.63, 3.8) is 0 Å². The molecule has 1 atom stereocenters. The molecule has 0 saturated carbocycles. The third-order valence-corrected chi connectivity index (χ3v) is 3.41. The summed E-state index contributed by atoms with van der Waals surface area (Å²) in [6.45, 7) is 1.99. The summed E-state index contributed by atoms with van der Waals surface area (Å²) in [6, 6.07) is 4.24. The van der Waals surface area contributed by atoms with Gasteiger partial charge in [0.2, 0.25) is 0 Å². The molecule has 1 aromatic rings. The van der Waals surface area contributed by atoms with Crippen LogP contribution in [-0.2, 0) is 12.8 Å². The zero-order valence-electron chi connectivity index (χ0n) is 12.1. The molecule has 0 radical (unpaired) electrons. The highest BCUT2D eigenvalue weighted by atomic mass is 35.5. The number of ether oxygens (including phenoxy) is 2. The SMILES string of the molecule is COc1cc(CC(C)N)c(OC)cc1CCSC.Cl.